The van der Waals surface area contributed by atoms with Gasteiger partial charge < -0.3 is 32.2 Å². The number of hydrogen-bond donors (Lipinski definition) is 6. The molecule has 0 aliphatic carbocycles. The van der Waals surface area contributed by atoms with Gasteiger partial charge in [0.05, 0.1) is 6.04 Å². The number of carbonyl (C=O) groups excluding carboxylic acids is 2. The van der Waals surface area contributed by atoms with Crippen LogP contribution in [0.25, 0.3) is 10.9 Å². The number of carboxylic acids is 1. The van der Waals surface area contributed by atoms with Crippen LogP contribution in [0.4, 0.5) is 0 Å². The Hall–Kier alpha value is -2.56. The largest absolute Gasteiger partial charge is 0.480 e. The van der Waals surface area contributed by atoms with E-state index in [1.807, 2.05) is 30.5 Å². The van der Waals surface area contributed by atoms with E-state index < -0.39 is 35.9 Å². The average molecular weight is 464 g/mol. The molecular weight excluding hydrogens is 430 g/mol. The molecule has 8 N–H and O–H groups in total. The summed E-state index contributed by atoms with van der Waals surface area (Å²) in [6.07, 6.45) is 6.09. The molecule has 0 aliphatic heterocycles. The van der Waals surface area contributed by atoms with Gasteiger partial charge >= 0.3 is 5.97 Å². The Balaban J connectivity index is 2.06. The molecule has 0 fully saturated rings. The number of hydrogen-bond acceptors (Lipinski definition) is 6. The van der Waals surface area contributed by atoms with Gasteiger partial charge in [0, 0.05) is 23.5 Å². The minimum atomic E-state index is -1.14. The van der Waals surface area contributed by atoms with Crippen LogP contribution in [-0.4, -0.2) is 64.6 Å². The lowest BCUT2D eigenvalue weighted by Crippen LogP contribution is -2.55. The maximum atomic E-state index is 12.9. The van der Waals surface area contributed by atoms with Crippen LogP contribution in [0.2, 0.25) is 0 Å². The van der Waals surface area contributed by atoms with E-state index in [-0.39, 0.29) is 6.42 Å². The van der Waals surface area contributed by atoms with Gasteiger partial charge in [-0.25, -0.2) is 4.79 Å². The van der Waals surface area contributed by atoms with E-state index in [2.05, 4.69) is 15.6 Å². The van der Waals surface area contributed by atoms with Crippen LogP contribution < -0.4 is 22.1 Å². The highest BCUT2D eigenvalue weighted by Gasteiger charge is 2.28. The van der Waals surface area contributed by atoms with Gasteiger partial charge in [-0.15, -0.1) is 0 Å². The first-order valence-corrected chi connectivity index (χ1v) is 12.1. The number of thioether (sulfide) groups is 1. The van der Waals surface area contributed by atoms with E-state index in [4.69, 9.17) is 11.5 Å². The molecule has 0 radical (unpaired) electrons. The van der Waals surface area contributed by atoms with Gasteiger partial charge in [0.2, 0.25) is 11.8 Å². The van der Waals surface area contributed by atoms with Gasteiger partial charge in [-0.1, -0.05) is 24.6 Å². The topological polar surface area (TPSA) is 163 Å². The molecule has 1 aromatic heterocycles. The summed E-state index contributed by atoms with van der Waals surface area (Å²) in [7, 11) is 0. The van der Waals surface area contributed by atoms with Gasteiger partial charge in [0.1, 0.15) is 12.1 Å². The van der Waals surface area contributed by atoms with Crippen molar-refractivity contribution in [1.82, 2.24) is 15.6 Å². The average Bonchev–Trinajstić information content (AvgIpc) is 3.18. The summed E-state index contributed by atoms with van der Waals surface area (Å²) in [5.41, 5.74) is 13.1. The molecule has 2 rings (SSSR count). The van der Waals surface area contributed by atoms with Crippen molar-refractivity contribution in [2.24, 2.45) is 11.5 Å². The number of fused-ring (bicyclic) bond motifs is 1. The number of aromatic amines is 1. The lowest BCUT2D eigenvalue weighted by atomic mass is 10.0. The van der Waals surface area contributed by atoms with E-state index >= 15 is 0 Å². The molecule has 3 atom stereocenters. The van der Waals surface area contributed by atoms with Gasteiger partial charge in [0.15, 0.2) is 0 Å². The monoisotopic (exact) mass is 463 g/mol. The SMILES string of the molecule is CSCC[C@H](NC(=O)[C@@H](N)CCCCN)C(=O)N[C@@H](Cc1c[nH]c2ccccc12)C(=O)O. The smallest absolute Gasteiger partial charge is 0.326 e. The standard InChI is InChI=1S/C22H33N5O4S/c1-32-11-9-18(26-20(28)16(24)7-4-5-10-23)21(29)27-19(22(30)31)12-14-13-25-17-8-3-2-6-15(14)17/h2-3,6,8,13,16,18-19,25H,4-5,7,9-12,23-24H2,1H3,(H,26,28)(H,27,29)(H,30,31)/t16-,18-,19-/m0/s1. The van der Waals surface area contributed by atoms with Crippen LogP contribution in [0.1, 0.15) is 31.2 Å². The molecule has 2 aromatic rings. The number of nitrogens with two attached hydrogens (primary N) is 2. The summed E-state index contributed by atoms with van der Waals surface area (Å²) in [5, 5.41) is 15.9. The summed E-state index contributed by atoms with van der Waals surface area (Å²) in [4.78, 5) is 40.3. The predicted octanol–water partition coefficient (Wildman–Crippen LogP) is 0.974. The van der Waals surface area contributed by atoms with Crippen molar-refractivity contribution < 1.29 is 19.5 Å². The zero-order valence-electron chi connectivity index (χ0n) is 18.3. The van der Waals surface area contributed by atoms with Crippen molar-refractivity contribution in [3.8, 4) is 0 Å². The van der Waals surface area contributed by atoms with Crippen molar-refractivity contribution in [2.75, 3.05) is 18.6 Å². The van der Waals surface area contributed by atoms with Crippen molar-refractivity contribution in [2.45, 2.75) is 50.2 Å². The van der Waals surface area contributed by atoms with E-state index in [0.717, 1.165) is 29.3 Å². The Morgan fingerprint density at radius 3 is 2.50 bits per heavy atom. The zero-order chi connectivity index (χ0) is 23.5. The van der Waals surface area contributed by atoms with Crippen LogP contribution in [0, 0.1) is 0 Å². The van der Waals surface area contributed by atoms with Gasteiger partial charge in [0.25, 0.3) is 0 Å². The van der Waals surface area contributed by atoms with Crippen LogP contribution in [0.3, 0.4) is 0 Å². The summed E-state index contributed by atoms with van der Waals surface area (Å²) in [6.45, 7) is 0.528. The number of carbonyl (C=O) groups is 3. The Kier molecular flexibility index (Phi) is 10.5. The number of H-pyrrole nitrogens is 1. The fraction of sp³-hybridized carbons (Fsp3) is 0.500. The van der Waals surface area contributed by atoms with Crippen LogP contribution >= 0.6 is 11.8 Å². The fourth-order valence-electron chi connectivity index (χ4n) is 3.42. The Labute approximate surface area is 192 Å². The minimum Gasteiger partial charge on any atom is -0.480 e. The van der Waals surface area contributed by atoms with Crippen LogP contribution in [0.15, 0.2) is 30.5 Å². The molecule has 2 amide bonds. The number of carboxylic acid groups (broad SMARTS) is 1. The summed E-state index contributed by atoms with van der Waals surface area (Å²) < 4.78 is 0. The lowest BCUT2D eigenvalue weighted by molar-refractivity contribution is -0.142. The molecule has 32 heavy (non-hydrogen) atoms. The second-order valence-electron chi connectivity index (χ2n) is 7.70. The molecule has 1 heterocycles. The molecule has 0 aliphatic rings. The van der Waals surface area contributed by atoms with Crippen molar-refractivity contribution in [3.05, 3.63) is 36.0 Å². The molecule has 10 heteroatoms. The Morgan fingerprint density at radius 1 is 1.09 bits per heavy atom. The molecule has 0 bridgehead atoms. The van der Waals surface area contributed by atoms with Crippen molar-refractivity contribution in [1.29, 1.82) is 0 Å². The highest BCUT2D eigenvalue weighted by Crippen LogP contribution is 2.19. The zero-order valence-corrected chi connectivity index (χ0v) is 19.1. The third-order valence-electron chi connectivity index (χ3n) is 5.26. The van der Waals surface area contributed by atoms with Gasteiger partial charge in [-0.2, -0.15) is 11.8 Å². The van der Waals surface area contributed by atoms with E-state index in [1.165, 1.54) is 11.8 Å². The molecule has 9 nitrogen and oxygen atoms in total. The Morgan fingerprint density at radius 2 is 1.81 bits per heavy atom. The quantitative estimate of drug-likeness (QED) is 0.227. The van der Waals surface area contributed by atoms with Crippen LogP contribution in [0.5, 0.6) is 0 Å². The number of para-hydroxylation sites is 1. The van der Waals surface area contributed by atoms with Crippen molar-refractivity contribution >= 4 is 40.4 Å². The molecule has 0 unspecified atom stereocenters. The summed E-state index contributed by atoms with van der Waals surface area (Å²) >= 11 is 1.53. The third-order valence-corrected chi connectivity index (χ3v) is 5.91. The fourth-order valence-corrected chi connectivity index (χ4v) is 3.89. The molecule has 0 spiro atoms. The number of aromatic nitrogens is 1. The first kappa shape index (κ1) is 25.7. The maximum absolute atomic E-state index is 12.9. The molecular formula is C22H33N5O4S. The number of amides is 2. The van der Waals surface area contributed by atoms with E-state index in [0.29, 0.717) is 25.1 Å². The molecule has 1 aromatic carbocycles. The second kappa shape index (κ2) is 13.1. The van der Waals surface area contributed by atoms with Crippen LogP contribution in [-0.2, 0) is 20.8 Å². The number of benzene rings is 1. The lowest BCUT2D eigenvalue weighted by Gasteiger charge is -2.23. The summed E-state index contributed by atoms with van der Waals surface area (Å²) in [5.74, 6) is -1.47. The molecule has 0 saturated heterocycles. The molecule has 0 saturated carbocycles. The third kappa shape index (κ3) is 7.54. The second-order valence-corrected chi connectivity index (χ2v) is 8.68. The highest BCUT2D eigenvalue weighted by molar-refractivity contribution is 7.98. The maximum Gasteiger partial charge on any atom is 0.326 e. The van der Waals surface area contributed by atoms with E-state index in [9.17, 15) is 19.5 Å². The minimum absolute atomic E-state index is 0.118. The normalized spacial score (nSPS) is 14.0. The predicted molar refractivity (Wildman–Crippen MR) is 127 cm³/mol. The first-order chi connectivity index (χ1) is 15.4. The summed E-state index contributed by atoms with van der Waals surface area (Å²) in [6, 6.07) is 4.83. The van der Waals surface area contributed by atoms with E-state index in [1.54, 1.807) is 6.20 Å². The number of rotatable bonds is 14. The van der Waals surface area contributed by atoms with Crippen molar-refractivity contribution in [3.63, 3.8) is 0 Å². The Bertz CT molecular complexity index is 903. The highest BCUT2D eigenvalue weighted by atomic mass is 32.2. The number of aliphatic carboxylic acids is 1. The molecule has 176 valence electrons. The number of nitrogens with one attached hydrogen (secondary N) is 3. The first-order valence-electron chi connectivity index (χ1n) is 10.7. The van der Waals surface area contributed by atoms with Gasteiger partial charge in [-0.3, -0.25) is 9.59 Å². The number of unbranched alkanes of at least 4 members (excludes halogenated alkanes) is 1. The van der Waals surface area contributed by atoms with Gasteiger partial charge in [-0.05, 0) is 49.4 Å².